The molecule has 0 heterocycles. The number of hydrogen-bond acceptors (Lipinski definition) is 1. The quantitative estimate of drug-likeness (QED) is 0.520. The Morgan fingerprint density at radius 3 is 2.55 bits per heavy atom. The summed E-state index contributed by atoms with van der Waals surface area (Å²) in [6, 6.07) is 0. The molecule has 1 heteroatoms. The Labute approximate surface area is 124 Å². The summed E-state index contributed by atoms with van der Waals surface area (Å²) in [5.41, 5.74) is 0. The second kappa shape index (κ2) is 5.00. The van der Waals surface area contributed by atoms with Gasteiger partial charge in [0.25, 0.3) is 0 Å². The van der Waals surface area contributed by atoms with Crippen molar-refractivity contribution < 1.29 is 4.74 Å². The Balaban J connectivity index is 1.47. The molecule has 4 saturated carbocycles. The van der Waals surface area contributed by atoms with Crippen LogP contribution in [0, 0.1) is 47.3 Å². The SMILES string of the molecule is CCCCOC1CC2CC1C1C3CC(C(CC)C3C)C21. The molecule has 4 bridgehead atoms. The van der Waals surface area contributed by atoms with Crippen LogP contribution in [0.1, 0.15) is 59.3 Å². The van der Waals surface area contributed by atoms with Crippen LogP contribution in [0.25, 0.3) is 0 Å². The smallest absolute Gasteiger partial charge is 0.0609 e. The highest BCUT2D eigenvalue weighted by molar-refractivity contribution is 5.14. The van der Waals surface area contributed by atoms with Crippen molar-refractivity contribution in [1.29, 1.82) is 0 Å². The van der Waals surface area contributed by atoms with Gasteiger partial charge in [0.2, 0.25) is 0 Å². The second-order valence-electron chi connectivity index (χ2n) is 8.31. The van der Waals surface area contributed by atoms with Gasteiger partial charge in [-0.3, -0.25) is 0 Å². The number of ether oxygens (including phenoxy) is 1. The third kappa shape index (κ3) is 1.71. The first-order valence-corrected chi connectivity index (χ1v) is 9.37. The molecule has 114 valence electrons. The molecule has 0 amide bonds. The molecule has 4 aliphatic rings. The average molecular weight is 276 g/mol. The van der Waals surface area contributed by atoms with Crippen LogP contribution in [0.3, 0.4) is 0 Å². The highest BCUT2D eigenvalue weighted by Gasteiger charge is 2.66. The third-order valence-corrected chi connectivity index (χ3v) is 7.81. The van der Waals surface area contributed by atoms with E-state index < -0.39 is 0 Å². The van der Waals surface area contributed by atoms with Gasteiger partial charge in [0.1, 0.15) is 0 Å². The van der Waals surface area contributed by atoms with Crippen LogP contribution in [-0.2, 0) is 4.74 Å². The van der Waals surface area contributed by atoms with Crippen LogP contribution in [0.2, 0.25) is 0 Å². The fourth-order valence-corrected chi connectivity index (χ4v) is 7.23. The van der Waals surface area contributed by atoms with E-state index in [-0.39, 0.29) is 0 Å². The minimum absolute atomic E-state index is 0.638. The fraction of sp³-hybridized carbons (Fsp3) is 1.00. The highest BCUT2D eigenvalue weighted by atomic mass is 16.5. The molecule has 0 spiro atoms. The topological polar surface area (TPSA) is 9.23 Å². The third-order valence-electron chi connectivity index (χ3n) is 7.81. The van der Waals surface area contributed by atoms with Crippen molar-refractivity contribution in [2.75, 3.05) is 6.61 Å². The lowest BCUT2D eigenvalue weighted by Gasteiger charge is -2.44. The van der Waals surface area contributed by atoms with Gasteiger partial charge in [0, 0.05) is 6.61 Å². The molecule has 0 radical (unpaired) electrons. The van der Waals surface area contributed by atoms with Gasteiger partial charge in [-0.05, 0) is 73.0 Å². The van der Waals surface area contributed by atoms with Gasteiger partial charge in [0.15, 0.2) is 0 Å². The van der Waals surface area contributed by atoms with Crippen molar-refractivity contribution in [2.45, 2.75) is 65.4 Å². The first-order chi connectivity index (χ1) is 9.76. The molecule has 0 aliphatic heterocycles. The maximum Gasteiger partial charge on any atom is 0.0609 e. The molecule has 9 atom stereocenters. The van der Waals surface area contributed by atoms with E-state index in [1.807, 2.05) is 0 Å². The summed E-state index contributed by atoms with van der Waals surface area (Å²) in [6.45, 7) is 8.28. The molecule has 1 nitrogen and oxygen atoms in total. The average Bonchev–Trinajstić information content (AvgIpc) is 3.14. The molecular formula is C19H32O. The molecule has 0 saturated heterocycles. The molecule has 4 aliphatic carbocycles. The van der Waals surface area contributed by atoms with Crippen LogP contribution >= 0.6 is 0 Å². The molecule has 0 aromatic rings. The second-order valence-corrected chi connectivity index (χ2v) is 8.31. The Kier molecular flexibility index (Phi) is 3.41. The highest BCUT2D eigenvalue weighted by Crippen LogP contribution is 2.70. The molecule has 4 rings (SSSR count). The van der Waals surface area contributed by atoms with Crippen molar-refractivity contribution in [1.82, 2.24) is 0 Å². The van der Waals surface area contributed by atoms with Gasteiger partial charge in [-0.25, -0.2) is 0 Å². The Hall–Kier alpha value is -0.0400. The zero-order chi connectivity index (χ0) is 13.9. The monoisotopic (exact) mass is 276 g/mol. The van der Waals surface area contributed by atoms with E-state index in [9.17, 15) is 0 Å². The normalized spacial score (nSPS) is 55.6. The standard InChI is InChI=1S/C19H32O/c1-4-6-7-20-17-9-12-8-16(17)19-14-10-15(18(12)19)13(5-2)11(14)3/h11-19H,4-10H2,1-3H3. The molecule has 0 aromatic heterocycles. The summed E-state index contributed by atoms with van der Waals surface area (Å²) in [5.74, 6) is 8.35. The van der Waals surface area contributed by atoms with Crippen LogP contribution in [0.5, 0.6) is 0 Å². The molecule has 4 fully saturated rings. The van der Waals surface area contributed by atoms with Crippen molar-refractivity contribution in [3.8, 4) is 0 Å². The maximum atomic E-state index is 6.28. The van der Waals surface area contributed by atoms with Crippen molar-refractivity contribution >= 4 is 0 Å². The molecule has 20 heavy (non-hydrogen) atoms. The van der Waals surface area contributed by atoms with Gasteiger partial charge in [-0.2, -0.15) is 0 Å². The predicted molar refractivity (Wildman–Crippen MR) is 82.4 cm³/mol. The number of fused-ring (bicyclic) bond motifs is 9. The minimum Gasteiger partial charge on any atom is -0.378 e. The van der Waals surface area contributed by atoms with Crippen molar-refractivity contribution in [3.05, 3.63) is 0 Å². The maximum absolute atomic E-state index is 6.28. The summed E-state index contributed by atoms with van der Waals surface area (Å²) >= 11 is 0. The minimum atomic E-state index is 0.638. The van der Waals surface area contributed by atoms with E-state index in [2.05, 4.69) is 20.8 Å². The zero-order valence-electron chi connectivity index (χ0n) is 13.6. The lowest BCUT2D eigenvalue weighted by atomic mass is 9.63. The van der Waals surface area contributed by atoms with E-state index in [0.717, 1.165) is 54.0 Å². The molecule has 0 aromatic carbocycles. The predicted octanol–water partition coefficient (Wildman–Crippen LogP) is 4.76. The van der Waals surface area contributed by atoms with Crippen LogP contribution in [0.15, 0.2) is 0 Å². The largest absolute Gasteiger partial charge is 0.378 e. The van der Waals surface area contributed by atoms with Gasteiger partial charge in [0.05, 0.1) is 6.10 Å². The van der Waals surface area contributed by atoms with Crippen LogP contribution in [0.4, 0.5) is 0 Å². The molecular weight excluding hydrogens is 244 g/mol. The lowest BCUT2D eigenvalue weighted by Crippen LogP contribution is -2.41. The summed E-state index contributed by atoms with van der Waals surface area (Å²) in [5, 5.41) is 0. The summed E-state index contributed by atoms with van der Waals surface area (Å²) < 4.78 is 6.28. The van der Waals surface area contributed by atoms with Crippen molar-refractivity contribution in [3.63, 3.8) is 0 Å². The Morgan fingerprint density at radius 2 is 1.80 bits per heavy atom. The molecule has 0 N–H and O–H groups in total. The van der Waals surface area contributed by atoms with E-state index >= 15 is 0 Å². The van der Waals surface area contributed by atoms with Gasteiger partial charge in [-0.15, -0.1) is 0 Å². The first kappa shape index (κ1) is 13.6. The summed E-state index contributed by atoms with van der Waals surface area (Å²) in [4.78, 5) is 0. The van der Waals surface area contributed by atoms with E-state index in [4.69, 9.17) is 4.74 Å². The zero-order valence-corrected chi connectivity index (χ0v) is 13.6. The van der Waals surface area contributed by atoms with Gasteiger partial charge in [-0.1, -0.05) is 33.6 Å². The summed E-state index contributed by atoms with van der Waals surface area (Å²) in [6.07, 6.45) is 9.09. The number of rotatable bonds is 5. The van der Waals surface area contributed by atoms with E-state index in [0.29, 0.717) is 6.10 Å². The lowest BCUT2D eigenvalue weighted by molar-refractivity contribution is -0.0457. The van der Waals surface area contributed by atoms with Crippen LogP contribution in [-0.4, -0.2) is 12.7 Å². The first-order valence-electron chi connectivity index (χ1n) is 9.37. The van der Waals surface area contributed by atoms with Gasteiger partial charge < -0.3 is 4.74 Å². The van der Waals surface area contributed by atoms with Gasteiger partial charge >= 0.3 is 0 Å². The Bertz CT molecular complexity index is 365. The Morgan fingerprint density at radius 1 is 0.950 bits per heavy atom. The van der Waals surface area contributed by atoms with E-state index in [1.165, 1.54) is 32.1 Å². The van der Waals surface area contributed by atoms with Crippen LogP contribution < -0.4 is 0 Å². The van der Waals surface area contributed by atoms with E-state index in [1.54, 1.807) is 6.42 Å². The number of hydrogen-bond donors (Lipinski definition) is 0. The molecule has 9 unspecified atom stereocenters. The van der Waals surface area contributed by atoms with Crippen molar-refractivity contribution in [2.24, 2.45) is 47.3 Å². The number of unbranched alkanes of at least 4 members (excludes halogenated alkanes) is 1. The fourth-order valence-electron chi connectivity index (χ4n) is 7.23. The summed E-state index contributed by atoms with van der Waals surface area (Å²) in [7, 11) is 0.